The van der Waals surface area contributed by atoms with Gasteiger partial charge in [0, 0.05) is 0 Å². The van der Waals surface area contributed by atoms with Gasteiger partial charge in [0.1, 0.15) is 16.8 Å². The number of nitrogens with one attached hydrogen (secondary N) is 1. The molecule has 0 aliphatic rings. The summed E-state index contributed by atoms with van der Waals surface area (Å²) in [6.45, 7) is 1.73. The quantitative estimate of drug-likeness (QED) is 0.842. The van der Waals surface area contributed by atoms with E-state index in [-0.39, 0.29) is 16.3 Å². The number of carboxylic acids is 1. The van der Waals surface area contributed by atoms with Crippen LogP contribution >= 0.6 is 11.6 Å². The summed E-state index contributed by atoms with van der Waals surface area (Å²) >= 11 is 5.65. The van der Waals surface area contributed by atoms with Gasteiger partial charge in [0.05, 0.1) is 5.02 Å². The first-order valence-electron chi connectivity index (χ1n) is 5.48. The van der Waals surface area contributed by atoms with Crippen molar-refractivity contribution in [2.24, 2.45) is 0 Å². The highest BCUT2D eigenvalue weighted by molar-refractivity contribution is 7.89. The molecule has 0 aliphatic heterocycles. The molecule has 0 saturated heterocycles. The summed E-state index contributed by atoms with van der Waals surface area (Å²) in [6.07, 6.45) is 0.643. The summed E-state index contributed by atoms with van der Waals surface area (Å²) in [4.78, 5) is 10.6. The molecular weight excluding hydrogens is 297 g/mol. The van der Waals surface area contributed by atoms with Crippen molar-refractivity contribution in [1.82, 2.24) is 4.72 Å². The molecule has 0 saturated carbocycles. The van der Waals surface area contributed by atoms with E-state index in [0.29, 0.717) is 6.42 Å². The number of rotatable bonds is 6. The summed E-state index contributed by atoms with van der Waals surface area (Å²) in [7, 11) is -4.10. The Labute approximate surface area is 115 Å². The van der Waals surface area contributed by atoms with Gasteiger partial charge in [-0.1, -0.05) is 24.9 Å². The second-order valence-electron chi connectivity index (χ2n) is 3.88. The number of sulfonamides is 1. The molecule has 106 valence electrons. The van der Waals surface area contributed by atoms with Crippen LogP contribution < -0.4 is 4.72 Å². The third-order valence-corrected chi connectivity index (χ3v) is 4.31. The molecule has 1 aromatic carbocycles. The van der Waals surface area contributed by atoms with Crippen molar-refractivity contribution in [3.05, 3.63) is 29.0 Å². The van der Waals surface area contributed by atoms with E-state index in [9.17, 15) is 17.6 Å². The van der Waals surface area contributed by atoms with Gasteiger partial charge in [-0.3, -0.25) is 4.79 Å². The van der Waals surface area contributed by atoms with Crippen LogP contribution in [0.25, 0.3) is 0 Å². The minimum Gasteiger partial charge on any atom is -0.480 e. The van der Waals surface area contributed by atoms with Crippen molar-refractivity contribution in [1.29, 1.82) is 0 Å². The third-order valence-electron chi connectivity index (χ3n) is 2.36. The highest BCUT2D eigenvalue weighted by Crippen LogP contribution is 2.22. The van der Waals surface area contributed by atoms with E-state index in [0.717, 1.165) is 18.2 Å². The first kappa shape index (κ1) is 15.9. The first-order valence-corrected chi connectivity index (χ1v) is 7.34. The van der Waals surface area contributed by atoms with Crippen LogP contribution in [0.4, 0.5) is 4.39 Å². The maximum Gasteiger partial charge on any atom is 0.321 e. The molecule has 0 fully saturated rings. The molecule has 5 nitrogen and oxygen atoms in total. The molecule has 8 heteroatoms. The lowest BCUT2D eigenvalue weighted by molar-refractivity contribution is -0.139. The van der Waals surface area contributed by atoms with Crippen LogP contribution in [0, 0.1) is 5.82 Å². The molecule has 0 heterocycles. The Morgan fingerprint density at radius 3 is 2.63 bits per heavy atom. The highest BCUT2D eigenvalue weighted by Gasteiger charge is 2.26. The van der Waals surface area contributed by atoms with Crippen LogP contribution in [0.5, 0.6) is 0 Å². The Morgan fingerprint density at radius 2 is 2.16 bits per heavy atom. The summed E-state index contributed by atoms with van der Waals surface area (Å²) < 4.78 is 38.8. The molecule has 0 aliphatic carbocycles. The molecule has 2 N–H and O–H groups in total. The van der Waals surface area contributed by atoms with E-state index in [1.165, 1.54) is 0 Å². The second-order valence-corrected chi connectivity index (χ2v) is 5.97. The fourth-order valence-electron chi connectivity index (χ4n) is 1.47. The smallest absolute Gasteiger partial charge is 0.321 e. The number of carboxylic acid groups (broad SMARTS) is 1. The average Bonchev–Trinajstić information content (AvgIpc) is 2.27. The van der Waals surface area contributed by atoms with Crippen molar-refractivity contribution < 1.29 is 22.7 Å². The van der Waals surface area contributed by atoms with Crippen LogP contribution in [-0.2, 0) is 14.8 Å². The van der Waals surface area contributed by atoms with Crippen LogP contribution in [0.1, 0.15) is 19.8 Å². The third kappa shape index (κ3) is 4.15. The topological polar surface area (TPSA) is 83.5 Å². The van der Waals surface area contributed by atoms with Crippen LogP contribution in [0.15, 0.2) is 23.1 Å². The minimum absolute atomic E-state index is 0.146. The fraction of sp³-hybridized carbons (Fsp3) is 0.364. The molecule has 0 unspecified atom stereocenters. The van der Waals surface area contributed by atoms with E-state index in [4.69, 9.17) is 16.7 Å². The van der Waals surface area contributed by atoms with Gasteiger partial charge in [0.15, 0.2) is 0 Å². The van der Waals surface area contributed by atoms with E-state index in [1.807, 2.05) is 4.72 Å². The summed E-state index contributed by atoms with van der Waals surface area (Å²) in [6, 6.07) is 1.54. The minimum atomic E-state index is -4.10. The number of aliphatic carboxylic acids is 1. The van der Waals surface area contributed by atoms with Crippen molar-refractivity contribution in [2.75, 3.05) is 0 Å². The number of carbonyl (C=O) groups is 1. The van der Waals surface area contributed by atoms with Gasteiger partial charge < -0.3 is 5.11 Å². The monoisotopic (exact) mass is 309 g/mol. The Morgan fingerprint density at radius 1 is 1.53 bits per heavy atom. The van der Waals surface area contributed by atoms with Crippen LogP contribution in [0.2, 0.25) is 5.02 Å². The molecule has 1 rings (SSSR count). The zero-order valence-electron chi connectivity index (χ0n) is 10.1. The normalized spacial score (nSPS) is 13.2. The van der Waals surface area contributed by atoms with E-state index in [2.05, 4.69) is 0 Å². The SMILES string of the molecule is CCC[C@H](NS(=O)(=O)c1ccc(F)cc1Cl)C(=O)O. The molecule has 0 radical (unpaired) electrons. The zero-order valence-corrected chi connectivity index (χ0v) is 11.6. The lowest BCUT2D eigenvalue weighted by atomic mass is 10.2. The van der Waals surface area contributed by atoms with E-state index < -0.39 is 27.9 Å². The maximum absolute atomic E-state index is 12.9. The molecular formula is C11H13ClFNO4S. The Hall–Kier alpha value is -1.18. The van der Waals surface area contributed by atoms with Crippen molar-refractivity contribution in [3.63, 3.8) is 0 Å². The number of hydrogen-bond donors (Lipinski definition) is 2. The largest absolute Gasteiger partial charge is 0.480 e. The Kier molecular flexibility index (Phi) is 5.28. The van der Waals surface area contributed by atoms with Crippen molar-refractivity contribution in [2.45, 2.75) is 30.7 Å². The van der Waals surface area contributed by atoms with E-state index >= 15 is 0 Å². The van der Waals surface area contributed by atoms with Gasteiger partial charge in [0.2, 0.25) is 10.0 Å². The van der Waals surface area contributed by atoms with Crippen LogP contribution in [0.3, 0.4) is 0 Å². The number of hydrogen-bond acceptors (Lipinski definition) is 3. The predicted octanol–water partition coefficient (Wildman–Crippen LogP) is 2.01. The van der Waals surface area contributed by atoms with Crippen molar-refractivity contribution >= 4 is 27.6 Å². The molecule has 19 heavy (non-hydrogen) atoms. The number of halogens is 2. The molecule has 0 spiro atoms. The van der Waals surface area contributed by atoms with Gasteiger partial charge in [-0.15, -0.1) is 0 Å². The molecule has 1 atom stereocenters. The average molecular weight is 310 g/mol. The lowest BCUT2D eigenvalue weighted by Crippen LogP contribution is -2.40. The predicted molar refractivity (Wildman–Crippen MR) is 68.1 cm³/mol. The second kappa shape index (κ2) is 6.31. The standard InChI is InChI=1S/C11H13ClFNO4S/c1-2-3-9(11(15)16)14-19(17,18)10-5-4-7(13)6-8(10)12/h4-6,9,14H,2-3H2,1H3,(H,15,16)/t9-/m0/s1. The van der Waals surface area contributed by atoms with Gasteiger partial charge in [-0.25, -0.2) is 12.8 Å². The van der Waals surface area contributed by atoms with Gasteiger partial charge in [-0.2, -0.15) is 4.72 Å². The Balaban J connectivity index is 3.06. The number of benzene rings is 1. The van der Waals surface area contributed by atoms with E-state index in [1.54, 1.807) is 6.92 Å². The summed E-state index contributed by atoms with van der Waals surface area (Å²) in [5, 5.41) is 8.61. The van der Waals surface area contributed by atoms with Gasteiger partial charge >= 0.3 is 5.97 Å². The molecule has 0 aromatic heterocycles. The first-order chi connectivity index (χ1) is 8.77. The molecule has 1 aromatic rings. The van der Waals surface area contributed by atoms with Crippen molar-refractivity contribution in [3.8, 4) is 0 Å². The summed E-state index contributed by atoms with van der Waals surface area (Å²) in [5.41, 5.74) is 0. The van der Waals surface area contributed by atoms with Gasteiger partial charge in [-0.05, 0) is 24.6 Å². The lowest BCUT2D eigenvalue weighted by Gasteiger charge is -2.14. The molecule has 0 bridgehead atoms. The Bertz CT molecular complexity index is 576. The summed E-state index contributed by atoms with van der Waals surface area (Å²) in [5.74, 6) is -1.95. The fourth-order valence-corrected chi connectivity index (χ4v) is 3.22. The molecule has 0 amide bonds. The highest BCUT2D eigenvalue weighted by atomic mass is 35.5. The maximum atomic E-state index is 12.9. The van der Waals surface area contributed by atoms with Crippen LogP contribution in [-0.4, -0.2) is 25.5 Å². The zero-order chi connectivity index (χ0) is 14.6. The van der Waals surface area contributed by atoms with Gasteiger partial charge in [0.25, 0.3) is 0 Å².